The number of benzene rings is 2. The van der Waals surface area contributed by atoms with E-state index < -0.39 is 0 Å². The highest BCUT2D eigenvalue weighted by Crippen LogP contribution is 2.26. The summed E-state index contributed by atoms with van der Waals surface area (Å²) in [5, 5.41) is 3.29. The lowest BCUT2D eigenvalue weighted by atomic mass is 9.85. The fraction of sp³-hybridized carbons (Fsp3) is 0.278. The predicted molar refractivity (Wildman–Crippen MR) is 80.7 cm³/mol. The molecule has 0 bridgehead atoms. The first kappa shape index (κ1) is 14.0. The molecule has 0 aliphatic carbocycles. The van der Waals surface area contributed by atoms with Gasteiger partial charge in [0, 0.05) is 19.5 Å². The minimum absolute atomic E-state index is 0.141. The number of carbonyl (C=O) groups is 1. The lowest BCUT2D eigenvalue weighted by molar-refractivity contribution is -0.119. The van der Waals surface area contributed by atoms with Gasteiger partial charge in [-0.2, -0.15) is 0 Å². The molecule has 2 nitrogen and oxygen atoms in total. The first-order valence-corrected chi connectivity index (χ1v) is 7.21. The molecule has 2 aromatic carbocycles. The summed E-state index contributed by atoms with van der Waals surface area (Å²) in [5.74, 6) is -0.286. The molecule has 1 heterocycles. The zero-order valence-electron chi connectivity index (χ0n) is 12.0. The van der Waals surface area contributed by atoms with Gasteiger partial charge in [0.2, 0.25) is 0 Å². The van der Waals surface area contributed by atoms with Crippen molar-refractivity contribution in [3.05, 3.63) is 70.5 Å². The zero-order valence-corrected chi connectivity index (χ0v) is 12.0. The zero-order chi connectivity index (χ0) is 14.8. The monoisotopic (exact) mass is 283 g/mol. The molecule has 108 valence electrons. The van der Waals surface area contributed by atoms with Crippen molar-refractivity contribution in [2.24, 2.45) is 0 Å². The summed E-state index contributed by atoms with van der Waals surface area (Å²) in [6.07, 6.45) is 0.282. The smallest absolute Gasteiger partial charge is 0.145 e. The molecule has 0 saturated carbocycles. The van der Waals surface area contributed by atoms with Crippen LogP contribution >= 0.6 is 0 Å². The van der Waals surface area contributed by atoms with Gasteiger partial charge in [0.1, 0.15) is 11.6 Å². The maximum Gasteiger partial charge on any atom is 0.145 e. The third-order valence-electron chi connectivity index (χ3n) is 4.16. The van der Waals surface area contributed by atoms with Crippen LogP contribution in [-0.2, 0) is 17.8 Å². The standard InChI is InChI=1S/C18H18FNO/c1-12-6-7-15(19)8-14(12)9-18(21)17-11-20-10-13-4-2-3-5-16(13)17/h2-8,17,20H,9-11H2,1H3. The minimum Gasteiger partial charge on any atom is -0.312 e. The van der Waals surface area contributed by atoms with Crippen molar-refractivity contribution in [3.63, 3.8) is 0 Å². The van der Waals surface area contributed by atoms with Gasteiger partial charge in [-0.3, -0.25) is 4.79 Å². The molecule has 0 fully saturated rings. The molecule has 1 atom stereocenters. The average Bonchev–Trinajstić information content (AvgIpc) is 2.50. The number of hydrogen-bond acceptors (Lipinski definition) is 2. The highest BCUT2D eigenvalue weighted by molar-refractivity contribution is 5.88. The number of ketones is 1. The third kappa shape index (κ3) is 2.88. The summed E-state index contributed by atoms with van der Waals surface area (Å²) in [5.41, 5.74) is 4.03. The van der Waals surface area contributed by atoms with Crippen LogP contribution < -0.4 is 5.32 Å². The second kappa shape index (κ2) is 5.78. The number of halogens is 1. The first-order valence-electron chi connectivity index (χ1n) is 7.21. The molecule has 3 rings (SSSR count). The molecule has 0 amide bonds. The van der Waals surface area contributed by atoms with Crippen LogP contribution in [0.5, 0.6) is 0 Å². The molecule has 1 N–H and O–H groups in total. The van der Waals surface area contributed by atoms with Gasteiger partial charge in [0.25, 0.3) is 0 Å². The van der Waals surface area contributed by atoms with Crippen molar-refractivity contribution in [3.8, 4) is 0 Å². The molecule has 0 saturated heterocycles. The van der Waals surface area contributed by atoms with E-state index in [4.69, 9.17) is 0 Å². The van der Waals surface area contributed by atoms with E-state index in [-0.39, 0.29) is 23.9 Å². The highest BCUT2D eigenvalue weighted by atomic mass is 19.1. The number of carbonyl (C=O) groups excluding carboxylic acids is 1. The van der Waals surface area contributed by atoms with E-state index in [0.717, 1.165) is 23.2 Å². The van der Waals surface area contributed by atoms with Gasteiger partial charge in [-0.25, -0.2) is 4.39 Å². The molecule has 0 aromatic heterocycles. The molecule has 1 unspecified atom stereocenters. The second-order valence-electron chi connectivity index (χ2n) is 5.60. The Morgan fingerprint density at radius 3 is 2.95 bits per heavy atom. The number of fused-ring (bicyclic) bond motifs is 1. The Labute approximate surface area is 124 Å². The summed E-state index contributed by atoms with van der Waals surface area (Å²) in [6.45, 7) is 3.37. The van der Waals surface area contributed by atoms with Crippen LogP contribution in [0.15, 0.2) is 42.5 Å². The maximum absolute atomic E-state index is 13.4. The van der Waals surface area contributed by atoms with Crippen molar-refractivity contribution >= 4 is 5.78 Å². The van der Waals surface area contributed by atoms with Crippen molar-refractivity contribution in [1.82, 2.24) is 5.32 Å². The Bertz CT molecular complexity index is 681. The van der Waals surface area contributed by atoms with E-state index in [9.17, 15) is 9.18 Å². The number of rotatable bonds is 3. The van der Waals surface area contributed by atoms with Crippen LogP contribution in [0.25, 0.3) is 0 Å². The number of aryl methyl sites for hydroxylation is 1. The Morgan fingerprint density at radius 1 is 1.29 bits per heavy atom. The summed E-state index contributed by atoms with van der Waals surface area (Å²) in [4.78, 5) is 12.6. The normalized spacial score (nSPS) is 17.3. The Morgan fingerprint density at radius 2 is 2.10 bits per heavy atom. The fourth-order valence-corrected chi connectivity index (χ4v) is 2.92. The van der Waals surface area contributed by atoms with E-state index in [2.05, 4.69) is 11.4 Å². The average molecular weight is 283 g/mol. The summed E-state index contributed by atoms with van der Waals surface area (Å²) >= 11 is 0. The first-order chi connectivity index (χ1) is 10.1. The minimum atomic E-state index is -0.287. The molecule has 21 heavy (non-hydrogen) atoms. The molecule has 3 heteroatoms. The Balaban J connectivity index is 1.85. The Kier molecular flexibility index (Phi) is 3.84. The van der Waals surface area contributed by atoms with Gasteiger partial charge in [0.05, 0.1) is 5.92 Å². The predicted octanol–water partition coefficient (Wildman–Crippen LogP) is 3.13. The molecule has 2 aromatic rings. The van der Waals surface area contributed by atoms with Crippen molar-refractivity contribution in [2.45, 2.75) is 25.8 Å². The number of hydrogen-bond donors (Lipinski definition) is 1. The molecular formula is C18H18FNO. The topological polar surface area (TPSA) is 29.1 Å². The highest BCUT2D eigenvalue weighted by Gasteiger charge is 2.26. The van der Waals surface area contributed by atoms with Gasteiger partial charge >= 0.3 is 0 Å². The van der Waals surface area contributed by atoms with Crippen LogP contribution in [0.2, 0.25) is 0 Å². The molecular weight excluding hydrogens is 265 g/mol. The van der Waals surface area contributed by atoms with Crippen LogP contribution in [0.1, 0.15) is 28.2 Å². The fourth-order valence-electron chi connectivity index (χ4n) is 2.92. The van der Waals surface area contributed by atoms with E-state index in [1.165, 1.54) is 17.7 Å². The molecule has 1 aliphatic heterocycles. The summed E-state index contributed by atoms with van der Waals surface area (Å²) in [7, 11) is 0. The van der Waals surface area contributed by atoms with Gasteiger partial charge in [-0.1, -0.05) is 30.3 Å². The third-order valence-corrected chi connectivity index (χ3v) is 4.16. The van der Waals surface area contributed by atoms with Gasteiger partial charge in [0.15, 0.2) is 0 Å². The van der Waals surface area contributed by atoms with Crippen LogP contribution in [0, 0.1) is 12.7 Å². The van der Waals surface area contributed by atoms with E-state index >= 15 is 0 Å². The van der Waals surface area contributed by atoms with Gasteiger partial charge < -0.3 is 5.32 Å². The summed E-state index contributed by atoms with van der Waals surface area (Å²) < 4.78 is 13.4. The van der Waals surface area contributed by atoms with Crippen LogP contribution in [0.4, 0.5) is 4.39 Å². The summed E-state index contributed by atoms with van der Waals surface area (Å²) in [6, 6.07) is 12.7. The Hall–Kier alpha value is -2.00. The lowest BCUT2D eigenvalue weighted by Crippen LogP contribution is -2.33. The van der Waals surface area contributed by atoms with Crippen LogP contribution in [-0.4, -0.2) is 12.3 Å². The molecule has 0 radical (unpaired) electrons. The van der Waals surface area contributed by atoms with E-state index in [1.54, 1.807) is 6.07 Å². The lowest BCUT2D eigenvalue weighted by Gasteiger charge is -2.25. The molecule has 0 spiro atoms. The second-order valence-corrected chi connectivity index (χ2v) is 5.60. The molecule has 1 aliphatic rings. The number of Topliss-reactive ketones (excluding diaryl/α,β-unsaturated/α-hetero) is 1. The van der Waals surface area contributed by atoms with Gasteiger partial charge in [-0.05, 0) is 41.3 Å². The SMILES string of the molecule is Cc1ccc(F)cc1CC(=O)C1CNCc2ccccc21. The van der Waals surface area contributed by atoms with Crippen LogP contribution in [0.3, 0.4) is 0 Å². The van der Waals surface area contributed by atoms with Crippen molar-refractivity contribution in [2.75, 3.05) is 6.54 Å². The van der Waals surface area contributed by atoms with Gasteiger partial charge in [-0.15, -0.1) is 0 Å². The van der Waals surface area contributed by atoms with E-state index in [0.29, 0.717) is 6.54 Å². The van der Waals surface area contributed by atoms with Crippen molar-refractivity contribution < 1.29 is 9.18 Å². The number of nitrogens with one attached hydrogen (secondary N) is 1. The van der Waals surface area contributed by atoms with Crippen molar-refractivity contribution in [1.29, 1.82) is 0 Å². The largest absolute Gasteiger partial charge is 0.312 e. The van der Waals surface area contributed by atoms with E-state index in [1.807, 2.05) is 25.1 Å². The maximum atomic E-state index is 13.4. The quantitative estimate of drug-likeness (QED) is 0.937.